The van der Waals surface area contributed by atoms with E-state index in [1.54, 1.807) is 19.1 Å². The Labute approximate surface area is 121 Å². The molecule has 2 aromatic rings. The van der Waals surface area contributed by atoms with Gasteiger partial charge in [0.05, 0.1) is 11.6 Å². The molecule has 0 bridgehead atoms. The van der Waals surface area contributed by atoms with Crippen LogP contribution in [0.25, 0.3) is 0 Å². The molecule has 0 atom stereocenters. The van der Waals surface area contributed by atoms with Crippen LogP contribution in [0.3, 0.4) is 0 Å². The first-order valence-corrected chi connectivity index (χ1v) is 6.16. The van der Waals surface area contributed by atoms with Crippen molar-refractivity contribution in [1.29, 1.82) is 5.26 Å². The molecule has 0 spiro atoms. The predicted molar refractivity (Wildman–Crippen MR) is 73.6 cm³/mol. The number of benzene rings is 2. The van der Waals surface area contributed by atoms with Crippen molar-refractivity contribution in [2.75, 3.05) is 0 Å². The van der Waals surface area contributed by atoms with E-state index >= 15 is 0 Å². The van der Waals surface area contributed by atoms with Gasteiger partial charge in [0.15, 0.2) is 0 Å². The monoisotopic (exact) mass is 285 g/mol. The number of ether oxygens (including phenoxy) is 1. The Hall–Kier alpha value is -2.87. The van der Waals surface area contributed by atoms with Crippen LogP contribution in [0.4, 0.5) is 4.39 Å². The standard InChI is InChI=1S/C16H12FNO3/c1-10-2-4-13(16(19)20)15(6-10)21-9-12-7-11(8-18)3-5-14(12)17/h2-7H,9H2,1H3,(H,19,20). The van der Waals surface area contributed by atoms with Gasteiger partial charge >= 0.3 is 5.97 Å². The van der Waals surface area contributed by atoms with E-state index in [0.29, 0.717) is 5.56 Å². The van der Waals surface area contributed by atoms with Crippen molar-refractivity contribution in [3.05, 3.63) is 64.5 Å². The molecule has 0 unspecified atom stereocenters. The molecule has 4 nitrogen and oxygen atoms in total. The van der Waals surface area contributed by atoms with Crippen LogP contribution >= 0.6 is 0 Å². The summed E-state index contributed by atoms with van der Waals surface area (Å²) in [7, 11) is 0. The van der Waals surface area contributed by atoms with Gasteiger partial charge in [-0.05, 0) is 42.8 Å². The van der Waals surface area contributed by atoms with E-state index in [9.17, 15) is 9.18 Å². The maximum atomic E-state index is 13.6. The molecule has 2 aromatic carbocycles. The van der Waals surface area contributed by atoms with Gasteiger partial charge in [0.2, 0.25) is 0 Å². The summed E-state index contributed by atoms with van der Waals surface area (Å²) in [6.07, 6.45) is 0. The molecule has 0 fully saturated rings. The summed E-state index contributed by atoms with van der Waals surface area (Å²) in [5.74, 6) is -1.45. The minimum absolute atomic E-state index is 0.0115. The average molecular weight is 285 g/mol. The highest BCUT2D eigenvalue weighted by molar-refractivity contribution is 5.90. The molecule has 5 heteroatoms. The quantitative estimate of drug-likeness (QED) is 0.935. The topological polar surface area (TPSA) is 70.3 Å². The molecule has 2 rings (SSSR count). The third-order valence-corrected chi connectivity index (χ3v) is 2.93. The first-order valence-electron chi connectivity index (χ1n) is 6.16. The van der Waals surface area contributed by atoms with E-state index in [4.69, 9.17) is 15.1 Å². The molecule has 0 radical (unpaired) electrons. The lowest BCUT2D eigenvalue weighted by Gasteiger charge is -2.11. The Kier molecular flexibility index (Phi) is 4.19. The highest BCUT2D eigenvalue weighted by Crippen LogP contribution is 2.22. The molecule has 0 aromatic heterocycles. The van der Waals surface area contributed by atoms with Crippen molar-refractivity contribution in [2.24, 2.45) is 0 Å². The molecule has 21 heavy (non-hydrogen) atoms. The van der Waals surface area contributed by atoms with Crippen molar-refractivity contribution >= 4 is 5.97 Å². The smallest absolute Gasteiger partial charge is 0.339 e. The van der Waals surface area contributed by atoms with Crippen molar-refractivity contribution in [2.45, 2.75) is 13.5 Å². The van der Waals surface area contributed by atoms with E-state index < -0.39 is 11.8 Å². The maximum absolute atomic E-state index is 13.6. The van der Waals surface area contributed by atoms with Gasteiger partial charge in [-0.15, -0.1) is 0 Å². The van der Waals surface area contributed by atoms with Crippen LogP contribution in [-0.4, -0.2) is 11.1 Å². The average Bonchev–Trinajstić information content (AvgIpc) is 2.46. The predicted octanol–water partition coefficient (Wildman–Crippen LogP) is 3.28. The second kappa shape index (κ2) is 6.06. The molecule has 0 saturated carbocycles. The summed E-state index contributed by atoms with van der Waals surface area (Å²) in [5, 5.41) is 17.9. The number of halogens is 1. The number of carboxylic acids is 1. The first-order chi connectivity index (χ1) is 10.0. The fourth-order valence-corrected chi connectivity index (χ4v) is 1.84. The second-order valence-corrected chi connectivity index (χ2v) is 4.51. The van der Waals surface area contributed by atoms with E-state index in [0.717, 1.165) is 5.56 Å². The summed E-state index contributed by atoms with van der Waals surface area (Å²) < 4.78 is 19.1. The van der Waals surface area contributed by atoms with Crippen LogP contribution in [0.1, 0.15) is 27.0 Å². The van der Waals surface area contributed by atoms with Gasteiger partial charge in [-0.1, -0.05) is 6.07 Å². The number of carboxylic acid groups (broad SMARTS) is 1. The maximum Gasteiger partial charge on any atom is 0.339 e. The third kappa shape index (κ3) is 3.37. The number of rotatable bonds is 4. The minimum atomic E-state index is -1.11. The van der Waals surface area contributed by atoms with Crippen molar-refractivity contribution in [1.82, 2.24) is 0 Å². The number of hydrogen-bond donors (Lipinski definition) is 1. The Morgan fingerprint density at radius 1 is 1.33 bits per heavy atom. The highest BCUT2D eigenvalue weighted by atomic mass is 19.1. The molecule has 0 saturated heterocycles. The van der Waals surface area contributed by atoms with Gasteiger partial charge in [0, 0.05) is 5.56 Å². The Bertz CT molecular complexity index is 735. The van der Waals surface area contributed by atoms with E-state index in [1.807, 2.05) is 6.07 Å². The number of nitrogens with zero attached hydrogens (tertiary/aromatic N) is 1. The molecule has 0 aliphatic rings. The van der Waals surface area contributed by atoms with Crippen LogP contribution in [0.5, 0.6) is 5.75 Å². The molecule has 0 heterocycles. The lowest BCUT2D eigenvalue weighted by molar-refractivity contribution is 0.0691. The molecule has 0 aliphatic heterocycles. The molecule has 0 aliphatic carbocycles. The van der Waals surface area contributed by atoms with Gasteiger partial charge in [-0.25, -0.2) is 9.18 Å². The number of hydrogen-bond acceptors (Lipinski definition) is 3. The normalized spacial score (nSPS) is 9.95. The molecular weight excluding hydrogens is 273 g/mol. The second-order valence-electron chi connectivity index (χ2n) is 4.51. The van der Waals surface area contributed by atoms with Gasteiger partial charge < -0.3 is 9.84 Å². The van der Waals surface area contributed by atoms with Crippen LogP contribution in [0, 0.1) is 24.1 Å². The van der Waals surface area contributed by atoms with Gasteiger partial charge in [0.25, 0.3) is 0 Å². The molecule has 1 N–H and O–H groups in total. The number of aromatic carboxylic acids is 1. The summed E-state index contributed by atoms with van der Waals surface area (Å²) in [6.45, 7) is 1.65. The van der Waals surface area contributed by atoms with Crippen LogP contribution in [0.15, 0.2) is 36.4 Å². The summed E-state index contributed by atoms with van der Waals surface area (Å²) >= 11 is 0. The SMILES string of the molecule is Cc1ccc(C(=O)O)c(OCc2cc(C#N)ccc2F)c1. The van der Waals surface area contributed by atoms with Crippen LogP contribution < -0.4 is 4.74 Å². The van der Waals surface area contributed by atoms with Crippen molar-refractivity contribution in [3.8, 4) is 11.8 Å². The van der Waals surface area contributed by atoms with E-state index in [2.05, 4.69) is 0 Å². The Morgan fingerprint density at radius 2 is 2.10 bits per heavy atom. The fourth-order valence-electron chi connectivity index (χ4n) is 1.84. The van der Waals surface area contributed by atoms with Crippen molar-refractivity contribution < 1.29 is 19.0 Å². The zero-order valence-electron chi connectivity index (χ0n) is 11.3. The first kappa shape index (κ1) is 14.5. The Balaban J connectivity index is 2.26. The van der Waals surface area contributed by atoms with Crippen LogP contribution in [0.2, 0.25) is 0 Å². The van der Waals surface area contributed by atoms with Crippen LogP contribution in [-0.2, 0) is 6.61 Å². The third-order valence-electron chi connectivity index (χ3n) is 2.93. The van der Waals surface area contributed by atoms with Gasteiger partial charge in [-0.3, -0.25) is 0 Å². The van der Waals surface area contributed by atoms with E-state index in [1.165, 1.54) is 24.3 Å². The highest BCUT2D eigenvalue weighted by Gasteiger charge is 2.12. The Morgan fingerprint density at radius 3 is 2.76 bits per heavy atom. The van der Waals surface area contributed by atoms with Gasteiger partial charge in [0.1, 0.15) is 23.7 Å². The summed E-state index contributed by atoms with van der Waals surface area (Å²) in [6, 6.07) is 10.5. The number of carbonyl (C=O) groups is 1. The van der Waals surface area contributed by atoms with Crippen molar-refractivity contribution in [3.63, 3.8) is 0 Å². The molecular formula is C16H12FNO3. The number of nitriles is 1. The molecule has 106 valence electrons. The fraction of sp³-hybridized carbons (Fsp3) is 0.125. The summed E-state index contributed by atoms with van der Waals surface area (Å²) in [4.78, 5) is 11.1. The summed E-state index contributed by atoms with van der Waals surface area (Å²) in [5.41, 5.74) is 1.36. The van der Waals surface area contributed by atoms with Gasteiger partial charge in [-0.2, -0.15) is 5.26 Å². The minimum Gasteiger partial charge on any atom is -0.488 e. The van der Waals surface area contributed by atoms with E-state index in [-0.39, 0.29) is 23.5 Å². The lowest BCUT2D eigenvalue weighted by atomic mass is 10.1. The largest absolute Gasteiger partial charge is 0.488 e. The zero-order chi connectivity index (χ0) is 15.4. The lowest BCUT2D eigenvalue weighted by Crippen LogP contribution is -2.05. The number of aryl methyl sites for hydroxylation is 1. The zero-order valence-corrected chi connectivity index (χ0v) is 11.3. The molecule has 0 amide bonds.